The van der Waals surface area contributed by atoms with Crippen LogP contribution in [0.3, 0.4) is 0 Å². The normalized spacial score (nSPS) is 20.0. The smallest absolute Gasteiger partial charge is 0.503 e. The molecule has 0 aromatic heterocycles. The molecule has 0 amide bonds. The Morgan fingerprint density at radius 3 is 1.50 bits per heavy atom. The Hall–Kier alpha value is -1.38. The summed E-state index contributed by atoms with van der Waals surface area (Å²) in [6.07, 6.45) is 5.57. The maximum Gasteiger partial charge on any atom is 0.503 e. The van der Waals surface area contributed by atoms with E-state index in [4.69, 9.17) is 0 Å². The Balaban J connectivity index is 0.000000792. The van der Waals surface area contributed by atoms with Gasteiger partial charge >= 0.3 is 22.4 Å². The van der Waals surface area contributed by atoms with Crippen molar-refractivity contribution in [2.45, 2.75) is 36.8 Å². The molecule has 190 valence electrons. The summed E-state index contributed by atoms with van der Waals surface area (Å²) < 4.78 is 170. The van der Waals surface area contributed by atoms with E-state index in [1.54, 1.807) is 0 Å². The highest BCUT2D eigenvalue weighted by atomic mass is 32.3. The molecule has 0 aromatic carbocycles. The number of nitrogens with zero attached hydrogens (tertiary/aromatic N) is 1. The van der Waals surface area contributed by atoms with Gasteiger partial charge in [0.25, 0.3) is 19.7 Å². The summed E-state index contributed by atoms with van der Waals surface area (Å²) >= 11 is 0. The fourth-order valence-corrected chi connectivity index (χ4v) is 7.65. The number of sulfone groups is 2. The topological polar surface area (TPSA) is 116 Å². The van der Waals surface area contributed by atoms with Gasteiger partial charge in [0.1, 0.15) is 7.05 Å². The predicted octanol–water partition coefficient (Wildman–Crippen LogP) is 0.704. The van der Waals surface area contributed by atoms with Crippen molar-refractivity contribution in [3.63, 3.8) is 0 Å². The van der Waals surface area contributed by atoms with Gasteiger partial charge in [-0.3, -0.25) is 4.21 Å². The summed E-state index contributed by atoms with van der Waals surface area (Å²) in [7, 11) is -22.0. The fraction of sp³-hybridized carbons (Fsp3) is 0.667. The lowest BCUT2D eigenvalue weighted by Crippen LogP contribution is -3.09. The van der Waals surface area contributed by atoms with Crippen molar-refractivity contribution in [1.29, 1.82) is 0 Å². The van der Waals surface area contributed by atoms with Crippen LogP contribution in [-0.2, 0) is 29.5 Å². The van der Waals surface area contributed by atoms with Gasteiger partial charge in [0.15, 0.2) is 6.20 Å². The van der Waals surface area contributed by atoms with Crippen LogP contribution in [0, 0.1) is 0 Å². The molecule has 1 aliphatic rings. The molecule has 1 rings (SSSR count). The van der Waals surface area contributed by atoms with E-state index in [0.29, 0.717) is 0 Å². The van der Waals surface area contributed by atoms with Crippen LogP contribution < -0.4 is 4.90 Å². The lowest BCUT2D eigenvalue weighted by atomic mass is 10.4. The average Bonchev–Trinajstić information content (AvgIpc) is 2.84. The molecular formula is C12H16F9N2O6S3+. The molecule has 0 saturated heterocycles. The van der Waals surface area contributed by atoms with Gasteiger partial charge in [-0.1, -0.05) is 6.92 Å². The highest BCUT2D eigenvalue weighted by Gasteiger charge is 2.63. The number of rotatable bonds is 2. The van der Waals surface area contributed by atoms with Gasteiger partial charge in [-0.2, -0.15) is 44.1 Å². The monoisotopic (exact) mass is 551 g/mol. The van der Waals surface area contributed by atoms with Gasteiger partial charge in [-0.15, -0.1) is 0 Å². The number of alkyl halides is 9. The minimum atomic E-state index is -8.02. The Morgan fingerprint density at radius 1 is 0.906 bits per heavy atom. The summed E-state index contributed by atoms with van der Waals surface area (Å²) in [5.41, 5.74) is -21.2. The number of amidine groups is 1. The Labute approximate surface area is 176 Å². The summed E-state index contributed by atoms with van der Waals surface area (Å²) in [6.45, 7) is 5.60. The first-order valence-corrected chi connectivity index (χ1v) is 12.2. The van der Waals surface area contributed by atoms with E-state index in [1.165, 1.54) is 23.7 Å². The largest absolute Gasteiger partial charge is 0.770 e. The first kappa shape index (κ1) is 30.6. The number of halogens is 9. The number of nitrogens with one attached hydrogen (secondary N) is 1. The maximum absolute atomic E-state index is 12.0. The van der Waals surface area contributed by atoms with E-state index in [1.807, 2.05) is 0 Å². The lowest BCUT2D eigenvalue weighted by molar-refractivity contribution is -0.758. The molecule has 0 spiro atoms. The molecule has 0 aromatic rings. The van der Waals surface area contributed by atoms with E-state index >= 15 is 0 Å². The third kappa shape index (κ3) is 6.14. The maximum atomic E-state index is 12.0. The van der Waals surface area contributed by atoms with Crippen molar-refractivity contribution in [1.82, 2.24) is 0 Å². The molecule has 0 saturated carbocycles. The van der Waals surface area contributed by atoms with Gasteiger partial charge in [0.2, 0.25) is 9.73 Å². The van der Waals surface area contributed by atoms with Gasteiger partial charge in [0, 0.05) is 9.80 Å². The molecule has 0 bridgehead atoms. The SMILES string of the molecule is CCC[NH+]1C=C[N+](C)=C1C.O=S(=O)(C(S(=O)(=O)C(F)(F)F)=S(=O)([O-])C(F)(F)F)C(F)(F)F. The first-order chi connectivity index (χ1) is 13.9. The van der Waals surface area contributed by atoms with E-state index < -0.39 is 49.5 Å². The quantitative estimate of drug-likeness (QED) is 0.307. The Bertz CT molecular complexity index is 1060. The summed E-state index contributed by atoms with van der Waals surface area (Å²) in [5.74, 6) is 1.40. The highest BCUT2D eigenvalue weighted by molar-refractivity contribution is 8.43. The van der Waals surface area contributed by atoms with Crippen LogP contribution >= 0.6 is 0 Å². The zero-order valence-electron chi connectivity index (χ0n) is 16.1. The molecule has 0 aliphatic carbocycles. The number of quaternary nitrogens is 1. The second-order valence-corrected chi connectivity index (χ2v) is 12.3. The van der Waals surface area contributed by atoms with Crippen molar-refractivity contribution in [3.05, 3.63) is 12.4 Å². The molecule has 2 atom stereocenters. The van der Waals surface area contributed by atoms with Crippen molar-refractivity contribution in [3.8, 4) is 0 Å². The van der Waals surface area contributed by atoms with Crippen LogP contribution in [0.25, 0.3) is 0 Å². The van der Waals surface area contributed by atoms with Gasteiger partial charge < -0.3 is 4.55 Å². The molecule has 1 heterocycles. The summed E-state index contributed by atoms with van der Waals surface area (Å²) in [5, 5.41) is 0. The first-order valence-electron chi connectivity index (χ1n) is 7.79. The minimum absolute atomic E-state index is 1.21. The number of hydrogen-bond acceptors (Lipinski definition) is 6. The molecule has 32 heavy (non-hydrogen) atoms. The van der Waals surface area contributed by atoms with Crippen molar-refractivity contribution < 1.29 is 74.6 Å². The third-order valence-corrected chi connectivity index (χ3v) is 10.7. The molecule has 1 N–H and O–H groups in total. The molecule has 1 aliphatic heterocycles. The zero-order valence-corrected chi connectivity index (χ0v) is 18.5. The van der Waals surface area contributed by atoms with Crippen LogP contribution in [0.4, 0.5) is 39.5 Å². The second-order valence-electron chi connectivity index (χ2n) is 5.88. The van der Waals surface area contributed by atoms with Crippen LogP contribution in [0.5, 0.6) is 0 Å². The van der Waals surface area contributed by atoms with Crippen LogP contribution in [0.1, 0.15) is 20.3 Å². The molecule has 20 heteroatoms. The van der Waals surface area contributed by atoms with Crippen molar-refractivity contribution in [2.75, 3.05) is 13.6 Å². The lowest BCUT2D eigenvalue weighted by Gasteiger charge is -2.24. The Morgan fingerprint density at radius 2 is 1.28 bits per heavy atom. The average molecular weight is 551 g/mol. The van der Waals surface area contributed by atoms with E-state index in [9.17, 15) is 65.1 Å². The zero-order chi connectivity index (χ0) is 26.1. The van der Waals surface area contributed by atoms with Crippen LogP contribution in [0.2, 0.25) is 0 Å². The van der Waals surface area contributed by atoms with Crippen LogP contribution in [0.15, 0.2) is 12.4 Å². The third-order valence-electron chi connectivity index (χ3n) is 3.58. The highest BCUT2D eigenvalue weighted by Crippen LogP contribution is 2.37. The summed E-state index contributed by atoms with van der Waals surface area (Å²) in [4.78, 5) is 1.49. The molecule has 0 radical (unpaired) electrons. The van der Waals surface area contributed by atoms with E-state index in [2.05, 4.69) is 37.9 Å². The van der Waals surface area contributed by atoms with Gasteiger partial charge in [-0.05, 0) is 6.42 Å². The van der Waals surface area contributed by atoms with Gasteiger partial charge in [-0.25, -0.2) is 21.7 Å². The summed E-state index contributed by atoms with van der Waals surface area (Å²) in [6, 6.07) is 0. The molecular weight excluding hydrogens is 535 g/mol. The van der Waals surface area contributed by atoms with Gasteiger partial charge in [0.05, 0.1) is 13.5 Å². The molecule has 8 nitrogen and oxygen atoms in total. The predicted molar refractivity (Wildman–Crippen MR) is 92.1 cm³/mol. The fourth-order valence-electron chi connectivity index (χ4n) is 1.91. The molecule has 0 fully saturated rings. The van der Waals surface area contributed by atoms with E-state index in [-0.39, 0.29) is 0 Å². The minimum Gasteiger partial charge on any atom is -0.770 e. The van der Waals surface area contributed by atoms with E-state index in [0.717, 1.165) is 0 Å². The van der Waals surface area contributed by atoms with Crippen molar-refractivity contribution in [2.24, 2.45) is 0 Å². The standard InChI is InChI=1S/C8H15N2.C4HF9O6S3/c1-4-5-10-7-6-9(3)8(10)2;5-2(6,7)20(14,15)1(21(16,17)3(8,9)10)22(18,19)4(11,12)13/h6-7H,4-5H2,1-3H3;(H,14,15)/q+1;. The second kappa shape index (κ2) is 9.47. The van der Waals surface area contributed by atoms with Crippen molar-refractivity contribution >= 4 is 38.8 Å². The Kier molecular flexibility index (Phi) is 9.06. The molecule has 2 unspecified atom stereocenters. The number of hydrogen-bond donors (Lipinski definition) is 1. The van der Waals surface area contributed by atoms with Crippen LogP contribution in [-0.4, -0.2) is 69.7 Å².